The minimum Gasteiger partial charge on any atom is -0.497 e. The molecule has 0 spiro atoms. The van der Waals surface area contributed by atoms with Crippen LogP contribution < -0.4 is 10.1 Å². The molecule has 1 aromatic carbocycles. The van der Waals surface area contributed by atoms with Crippen molar-refractivity contribution in [2.45, 2.75) is 51.0 Å². The molecule has 0 bridgehead atoms. The van der Waals surface area contributed by atoms with Crippen molar-refractivity contribution in [1.82, 2.24) is 10.2 Å². The summed E-state index contributed by atoms with van der Waals surface area (Å²) in [5.41, 5.74) is 0.876. The zero-order chi connectivity index (χ0) is 19.2. The second-order valence-corrected chi connectivity index (χ2v) is 6.99. The number of carbonyl (C=O) groups excluding carboxylic acids is 2. The van der Waals surface area contributed by atoms with Gasteiger partial charge in [-0.25, -0.2) is 0 Å². The molecule has 3 rings (SSSR count). The maximum Gasteiger partial charge on any atom is 0.225 e. The van der Waals surface area contributed by atoms with E-state index in [2.05, 4.69) is 5.32 Å². The molecule has 2 saturated heterocycles. The van der Waals surface area contributed by atoms with Gasteiger partial charge in [0.15, 0.2) is 6.29 Å². The van der Waals surface area contributed by atoms with Crippen LogP contribution in [0.4, 0.5) is 0 Å². The first-order chi connectivity index (χ1) is 13.1. The third kappa shape index (κ3) is 4.99. The molecule has 1 aromatic rings. The van der Waals surface area contributed by atoms with Gasteiger partial charge in [0.2, 0.25) is 11.8 Å². The number of likely N-dealkylation sites (tertiary alicyclic amines) is 1. The van der Waals surface area contributed by atoms with Gasteiger partial charge in [0.05, 0.1) is 38.8 Å². The molecule has 0 saturated carbocycles. The molecule has 7 nitrogen and oxygen atoms in total. The summed E-state index contributed by atoms with van der Waals surface area (Å²) in [6.45, 7) is 3.31. The summed E-state index contributed by atoms with van der Waals surface area (Å²) in [6.07, 6.45) is 2.78. The summed E-state index contributed by atoms with van der Waals surface area (Å²) < 4.78 is 16.5. The summed E-state index contributed by atoms with van der Waals surface area (Å²) in [5, 5.41) is 2.90. The first-order valence-corrected chi connectivity index (χ1v) is 9.52. The predicted octanol–water partition coefficient (Wildman–Crippen LogP) is 2.02. The van der Waals surface area contributed by atoms with Crippen molar-refractivity contribution >= 4 is 11.8 Å². The van der Waals surface area contributed by atoms with Gasteiger partial charge in [-0.15, -0.1) is 0 Å². The van der Waals surface area contributed by atoms with Crippen LogP contribution in [0.3, 0.4) is 0 Å². The fourth-order valence-corrected chi connectivity index (χ4v) is 3.77. The average Bonchev–Trinajstić information content (AvgIpc) is 3.22. The van der Waals surface area contributed by atoms with Crippen molar-refractivity contribution < 1.29 is 23.8 Å². The number of nitrogens with zero attached hydrogens (tertiary/aromatic N) is 1. The Morgan fingerprint density at radius 1 is 1.22 bits per heavy atom. The van der Waals surface area contributed by atoms with E-state index in [0.29, 0.717) is 19.8 Å². The maximum atomic E-state index is 13.1. The van der Waals surface area contributed by atoms with E-state index in [0.717, 1.165) is 30.6 Å². The predicted molar refractivity (Wildman–Crippen MR) is 99.2 cm³/mol. The summed E-state index contributed by atoms with van der Waals surface area (Å²) >= 11 is 0. The minimum absolute atomic E-state index is 0.00775. The molecular weight excluding hydrogens is 348 g/mol. The second kappa shape index (κ2) is 9.19. The lowest BCUT2D eigenvalue weighted by atomic mass is 9.98. The van der Waals surface area contributed by atoms with E-state index in [-0.39, 0.29) is 36.6 Å². The molecular formula is C20H28N2O5. The van der Waals surface area contributed by atoms with E-state index in [1.54, 1.807) is 7.11 Å². The minimum atomic E-state index is -0.381. The second-order valence-electron chi connectivity index (χ2n) is 6.99. The van der Waals surface area contributed by atoms with Crippen molar-refractivity contribution in [2.75, 3.05) is 26.9 Å². The molecule has 0 radical (unpaired) electrons. The number of hydrogen-bond donors (Lipinski definition) is 1. The zero-order valence-corrected chi connectivity index (χ0v) is 16.0. The van der Waals surface area contributed by atoms with Crippen molar-refractivity contribution in [3.63, 3.8) is 0 Å². The van der Waals surface area contributed by atoms with Gasteiger partial charge in [-0.05, 0) is 37.0 Å². The Labute approximate surface area is 160 Å². The number of piperidine rings is 1. The summed E-state index contributed by atoms with van der Waals surface area (Å²) in [4.78, 5) is 26.6. The number of benzene rings is 1. The number of amides is 2. The van der Waals surface area contributed by atoms with E-state index in [1.165, 1.54) is 6.92 Å². The number of hydrogen-bond acceptors (Lipinski definition) is 5. The Kier molecular flexibility index (Phi) is 6.68. The van der Waals surface area contributed by atoms with Gasteiger partial charge in [0.1, 0.15) is 5.75 Å². The third-order valence-corrected chi connectivity index (χ3v) is 5.11. The lowest BCUT2D eigenvalue weighted by Crippen LogP contribution is -2.50. The van der Waals surface area contributed by atoms with Crippen LogP contribution in [0, 0.1) is 0 Å². The summed E-state index contributed by atoms with van der Waals surface area (Å²) in [6, 6.07) is 6.99. The Bertz CT molecular complexity index is 642. The Hall–Kier alpha value is -2.12. The number of nitrogens with one attached hydrogen (secondary N) is 1. The van der Waals surface area contributed by atoms with Crippen LogP contribution in [0.5, 0.6) is 5.75 Å². The van der Waals surface area contributed by atoms with E-state index in [1.807, 2.05) is 29.2 Å². The molecule has 27 heavy (non-hydrogen) atoms. The van der Waals surface area contributed by atoms with Crippen LogP contribution in [0.25, 0.3) is 0 Å². The summed E-state index contributed by atoms with van der Waals surface area (Å²) in [5.74, 6) is 0.577. The average molecular weight is 376 g/mol. The van der Waals surface area contributed by atoms with Gasteiger partial charge in [-0.1, -0.05) is 12.1 Å². The molecule has 2 unspecified atom stereocenters. The number of ether oxygens (including phenoxy) is 3. The van der Waals surface area contributed by atoms with Crippen molar-refractivity contribution in [1.29, 1.82) is 0 Å². The van der Waals surface area contributed by atoms with Gasteiger partial charge in [0, 0.05) is 13.5 Å². The Morgan fingerprint density at radius 3 is 2.56 bits per heavy atom. The lowest BCUT2D eigenvalue weighted by molar-refractivity contribution is -0.151. The van der Waals surface area contributed by atoms with Gasteiger partial charge in [-0.2, -0.15) is 0 Å². The van der Waals surface area contributed by atoms with Crippen LogP contribution in [0.2, 0.25) is 0 Å². The van der Waals surface area contributed by atoms with Crippen LogP contribution in [-0.4, -0.2) is 55.9 Å². The quantitative estimate of drug-likeness (QED) is 0.822. The molecule has 2 fully saturated rings. The van der Waals surface area contributed by atoms with E-state index in [4.69, 9.17) is 14.2 Å². The highest BCUT2D eigenvalue weighted by atomic mass is 16.7. The normalized spacial score (nSPS) is 21.7. The molecule has 1 N–H and O–H groups in total. The first kappa shape index (κ1) is 19.6. The van der Waals surface area contributed by atoms with E-state index < -0.39 is 0 Å². The van der Waals surface area contributed by atoms with Crippen molar-refractivity contribution in [2.24, 2.45) is 0 Å². The largest absolute Gasteiger partial charge is 0.497 e. The standard InChI is InChI=1S/C20H28N2O5/c1-14(23)21-17(15-6-8-16(25-2)9-7-15)13-19(24)22-10-4-3-5-18(22)20-26-11-12-27-20/h6-9,17-18,20H,3-5,10-13H2,1-2H3,(H,21,23). The highest BCUT2D eigenvalue weighted by Gasteiger charge is 2.36. The maximum absolute atomic E-state index is 13.1. The molecule has 2 amide bonds. The molecule has 0 aliphatic carbocycles. The van der Waals surface area contributed by atoms with Crippen LogP contribution in [0.1, 0.15) is 44.2 Å². The van der Waals surface area contributed by atoms with Gasteiger partial charge in [-0.3, -0.25) is 9.59 Å². The molecule has 2 aliphatic rings. The lowest BCUT2D eigenvalue weighted by Gasteiger charge is -2.38. The smallest absolute Gasteiger partial charge is 0.225 e. The van der Waals surface area contributed by atoms with Crippen LogP contribution in [-0.2, 0) is 19.1 Å². The van der Waals surface area contributed by atoms with E-state index in [9.17, 15) is 9.59 Å². The Balaban J connectivity index is 1.72. The highest BCUT2D eigenvalue weighted by molar-refractivity contribution is 5.79. The fourth-order valence-electron chi connectivity index (χ4n) is 3.77. The fraction of sp³-hybridized carbons (Fsp3) is 0.600. The Morgan fingerprint density at radius 2 is 1.93 bits per heavy atom. The molecule has 2 atom stereocenters. The molecule has 148 valence electrons. The van der Waals surface area contributed by atoms with Gasteiger partial charge >= 0.3 is 0 Å². The molecule has 2 heterocycles. The van der Waals surface area contributed by atoms with E-state index >= 15 is 0 Å². The third-order valence-electron chi connectivity index (χ3n) is 5.11. The first-order valence-electron chi connectivity index (χ1n) is 9.52. The van der Waals surface area contributed by atoms with Crippen molar-refractivity contribution in [3.05, 3.63) is 29.8 Å². The number of methoxy groups -OCH3 is 1. The van der Waals surface area contributed by atoms with Crippen LogP contribution in [0.15, 0.2) is 24.3 Å². The highest BCUT2D eigenvalue weighted by Crippen LogP contribution is 2.27. The van der Waals surface area contributed by atoms with Crippen LogP contribution >= 0.6 is 0 Å². The summed E-state index contributed by atoms with van der Waals surface area (Å²) in [7, 11) is 1.60. The molecule has 2 aliphatic heterocycles. The number of carbonyl (C=O) groups is 2. The monoisotopic (exact) mass is 376 g/mol. The number of rotatable bonds is 6. The SMILES string of the molecule is COc1ccc(C(CC(=O)N2CCCCC2C2OCCO2)NC(C)=O)cc1. The zero-order valence-electron chi connectivity index (χ0n) is 16.0. The molecule has 7 heteroatoms. The van der Waals surface area contributed by atoms with Gasteiger partial charge in [0.25, 0.3) is 0 Å². The van der Waals surface area contributed by atoms with Crippen molar-refractivity contribution in [3.8, 4) is 5.75 Å². The topological polar surface area (TPSA) is 77.1 Å². The van der Waals surface area contributed by atoms with Gasteiger partial charge < -0.3 is 24.4 Å². The molecule has 0 aromatic heterocycles.